The van der Waals surface area contributed by atoms with E-state index in [2.05, 4.69) is 88.6 Å². The molecule has 6 heteroatoms. The Kier molecular flexibility index (Phi) is 36.0. The van der Waals surface area contributed by atoms with Crippen molar-refractivity contribution >= 4 is 6.41 Å². The van der Waals surface area contributed by atoms with Crippen molar-refractivity contribution in [1.82, 2.24) is 15.1 Å². The van der Waals surface area contributed by atoms with E-state index in [-0.39, 0.29) is 5.60 Å². The van der Waals surface area contributed by atoms with Crippen molar-refractivity contribution in [2.45, 2.75) is 127 Å². The van der Waals surface area contributed by atoms with Gasteiger partial charge in [-0.2, -0.15) is 0 Å². The minimum Gasteiger partial charge on any atom is -0.379 e. The van der Waals surface area contributed by atoms with E-state index in [1.54, 1.807) is 7.11 Å². The number of hydrogen-bond donors (Lipinski definition) is 1. The third-order valence-electron chi connectivity index (χ3n) is 7.29. The molecule has 0 saturated carbocycles. The first-order valence-electron chi connectivity index (χ1n) is 16.4. The molecule has 250 valence electrons. The Bertz CT molecular complexity index is 652. The molecule has 0 unspecified atom stereocenters. The number of morpholine rings is 1. The fourth-order valence-electron chi connectivity index (χ4n) is 3.80. The van der Waals surface area contributed by atoms with Gasteiger partial charge < -0.3 is 19.7 Å². The number of unbranched alkanes of at least 4 members (excludes halogenated alkanes) is 2. The van der Waals surface area contributed by atoms with Gasteiger partial charge in [-0.1, -0.05) is 85.3 Å². The first-order chi connectivity index (χ1) is 19.9. The summed E-state index contributed by atoms with van der Waals surface area (Å²) in [4.78, 5) is 15.0. The van der Waals surface area contributed by atoms with Gasteiger partial charge in [0, 0.05) is 52.1 Å². The van der Waals surface area contributed by atoms with Gasteiger partial charge in [-0.3, -0.25) is 9.69 Å². The van der Waals surface area contributed by atoms with Gasteiger partial charge in [0.25, 0.3) is 0 Å². The third kappa shape index (κ3) is 29.7. The van der Waals surface area contributed by atoms with E-state index >= 15 is 0 Å². The lowest BCUT2D eigenvalue weighted by atomic mass is 9.80. The molecule has 0 aromatic carbocycles. The number of rotatable bonds is 15. The molecular weight excluding hydrogens is 522 g/mol. The fraction of sp³-hybridized carbons (Fsp3) is 0.806. The minimum absolute atomic E-state index is 0.0417. The second-order valence-electron chi connectivity index (χ2n) is 11.6. The van der Waals surface area contributed by atoms with E-state index in [1.165, 1.54) is 49.8 Å². The number of methoxy groups -OCH3 is 1. The normalized spacial score (nSPS) is 13.0. The van der Waals surface area contributed by atoms with Crippen molar-refractivity contribution in [3.05, 3.63) is 23.4 Å². The van der Waals surface area contributed by atoms with Crippen LogP contribution in [0.4, 0.5) is 0 Å². The number of nitrogens with zero attached hydrogens (tertiary/aromatic N) is 2. The Balaban J connectivity index is -0.000000287. The molecule has 0 atom stereocenters. The van der Waals surface area contributed by atoms with Crippen molar-refractivity contribution in [2.75, 3.05) is 59.6 Å². The Morgan fingerprint density at radius 3 is 1.90 bits per heavy atom. The molecule has 1 saturated heterocycles. The van der Waals surface area contributed by atoms with Crippen LogP contribution < -0.4 is 5.32 Å². The van der Waals surface area contributed by atoms with Gasteiger partial charge in [0.05, 0.1) is 18.8 Å². The summed E-state index contributed by atoms with van der Waals surface area (Å²) in [6.07, 6.45) is 21.5. The van der Waals surface area contributed by atoms with Gasteiger partial charge in [-0.15, -0.1) is 12.8 Å². The molecule has 6 nitrogen and oxygen atoms in total. The molecule has 0 aromatic heterocycles. The molecule has 1 rings (SSSR count). The van der Waals surface area contributed by atoms with Gasteiger partial charge >= 0.3 is 0 Å². The summed E-state index contributed by atoms with van der Waals surface area (Å²) in [6.45, 7) is 32.9. The Hall–Kier alpha value is -1.81. The molecule has 0 bridgehead atoms. The number of likely N-dealkylation sites (N-methyl/N-ethyl adjacent to an activating group) is 1. The third-order valence-corrected chi connectivity index (χ3v) is 7.29. The molecule has 0 aromatic rings. The first kappa shape index (κ1) is 47.1. The van der Waals surface area contributed by atoms with Gasteiger partial charge in [-0.25, -0.2) is 0 Å². The van der Waals surface area contributed by atoms with Crippen molar-refractivity contribution < 1.29 is 14.3 Å². The van der Waals surface area contributed by atoms with E-state index < -0.39 is 0 Å². The molecule has 1 aliphatic rings. The summed E-state index contributed by atoms with van der Waals surface area (Å²) in [5, 5.41) is 2.72. The van der Waals surface area contributed by atoms with E-state index in [0.29, 0.717) is 12.0 Å². The van der Waals surface area contributed by atoms with Crippen molar-refractivity contribution in [3.8, 4) is 12.8 Å². The smallest absolute Gasteiger partial charge is 0.207 e. The molecule has 1 heterocycles. The Labute approximate surface area is 264 Å². The zero-order valence-electron chi connectivity index (χ0n) is 30.4. The minimum atomic E-state index is 0.0417. The van der Waals surface area contributed by atoms with Crippen LogP contribution in [0.1, 0.15) is 122 Å². The number of allylic oxidation sites excluding steroid dienone is 2. The highest BCUT2D eigenvalue weighted by atomic mass is 16.5. The average Bonchev–Trinajstić information content (AvgIpc) is 3.01. The highest BCUT2D eigenvalue weighted by Crippen LogP contribution is 2.31. The van der Waals surface area contributed by atoms with E-state index in [4.69, 9.17) is 9.47 Å². The Morgan fingerprint density at radius 2 is 1.52 bits per heavy atom. The van der Waals surface area contributed by atoms with Crippen molar-refractivity contribution in [3.63, 3.8) is 0 Å². The standard InChI is InChI=1S/C16H29N3O2.C11H24.C5H12O.C2H6.C2H2/c1-4-19(9-7-17-14-20)16(15(2)3)6-5-8-18-10-12-21-13-11-18;1-5-8-9-10-11(4,6-2)7-3;1-5(2,3)6-4;2*1-2/h5-6,14H,4,7-13H2,1-3H3,(H,17,20);5-10H2,1-4H3;1-4H3;1-2H3;1-2H/b6-5-;;;;. The lowest BCUT2D eigenvalue weighted by Crippen LogP contribution is -2.36. The summed E-state index contributed by atoms with van der Waals surface area (Å²) in [6, 6.07) is 0. The maximum atomic E-state index is 10.4. The summed E-state index contributed by atoms with van der Waals surface area (Å²) >= 11 is 0. The molecule has 0 aliphatic carbocycles. The number of carbonyl (C=O) groups is 1. The fourth-order valence-corrected chi connectivity index (χ4v) is 3.80. The quantitative estimate of drug-likeness (QED) is 0.0893. The molecule has 0 radical (unpaired) electrons. The van der Waals surface area contributed by atoms with Crippen LogP contribution in [0.3, 0.4) is 0 Å². The summed E-state index contributed by atoms with van der Waals surface area (Å²) in [5.74, 6) is 0. The number of nitrogens with one attached hydrogen (secondary N) is 1. The molecule has 0 spiro atoms. The van der Waals surface area contributed by atoms with E-state index in [0.717, 1.165) is 52.3 Å². The largest absolute Gasteiger partial charge is 0.379 e. The van der Waals surface area contributed by atoms with Gasteiger partial charge in [-0.05, 0) is 59.5 Å². The second-order valence-corrected chi connectivity index (χ2v) is 11.6. The highest BCUT2D eigenvalue weighted by Gasteiger charge is 2.18. The molecule has 1 fully saturated rings. The second kappa shape index (κ2) is 32.1. The van der Waals surface area contributed by atoms with Gasteiger partial charge in [0.1, 0.15) is 0 Å². The molecular formula is C36H73N3O3. The van der Waals surface area contributed by atoms with Crippen LogP contribution in [0.5, 0.6) is 0 Å². The van der Waals surface area contributed by atoms with Gasteiger partial charge in [0.2, 0.25) is 6.41 Å². The summed E-state index contributed by atoms with van der Waals surface area (Å²) < 4.78 is 10.3. The maximum absolute atomic E-state index is 10.4. The summed E-state index contributed by atoms with van der Waals surface area (Å²) in [5.41, 5.74) is 3.22. The first-order valence-corrected chi connectivity index (χ1v) is 16.4. The topological polar surface area (TPSA) is 54.0 Å². The van der Waals surface area contributed by atoms with Gasteiger partial charge in [0.15, 0.2) is 0 Å². The zero-order chi connectivity index (χ0) is 33.5. The SMILES string of the molecule is C#C.CC.CCCCCC(C)(CC)CC.CCN(CCNC=O)C(/C=C\CN1CCOCC1)=C(C)C.COC(C)(C)C. The average molecular weight is 596 g/mol. The lowest BCUT2D eigenvalue weighted by Gasteiger charge is -2.27. The zero-order valence-corrected chi connectivity index (χ0v) is 30.4. The predicted octanol–water partition coefficient (Wildman–Crippen LogP) is 8.34. The number of terminal acetylenes is 1. The van der Waals surface area contributed by atoms with Crippen LogP contribution in [0.25, 0.3) is 0 Å². The predicted molar refractivity (Wildman–Crippen MR) is 187 cm³/mol. The molecule has 1 N–H and O–H groups in total. The van der Waals surface area contributed by atoms with Crippen LogP contribution in [0.2, 0.25) is 0 Å². The number of amides is 1. The van der Waals surface area contributed by atoms with Crippen LogP contribution in [0.15, 0.2) is 23.4 Å². The monoisotopic (exact) mass is 596 g/mol. The van der Waals surface area contributed by atoms with E-state index in [1.807, 2.05) is 34.6 Å². The van der Waals surface area contributed by atoms with Crippen LogP contribution in [-0.4, -0.2) is 81.4 Å². The molecule has 42 heavy (non-hydrogen) atoms. The summed E-state index contributed by atoms with van der Waals surface area (Å²) in [7, 11) is 1.71. The number of carbonyl (C=O) groups excluding carboxylic acids is 1. The lowest BCUT2D eigenvalue weighted by molar-refractivity contribution is -0.109. The van der Waals surface area contributed by atoms with Crippen LogP contribution in [0, 0.1) is 18.3 Å². The molecule has 1 aliphatic heterocycles. The Morgan fingerprint density at radius 1 is 1.00 bits per heavy atom. The van der Waals surface area contributed by atoms with Crippen LogP contribution in [-0.2, 0) is 14.3 Å². The maximum Gasteiger partial charge on any atom is 0.207 e. The van der Waals surface area contributed by atoms with Crippen molar-refractivity contribution in [2.24, 2.45) is 5.41 Å². The number of hydrogen-bond acceptors (Lipinski definition) is 5. The van der Waals surface area contributed by atoms with E-state index in [9.17, 15) is 4.79 Å². The molecule has 1 amide bonds. The number of ether oxygens (including phenoxy) is 2. The highest BCUT2D eigenvalue weighted by molar-refractivity contribution is 5.45. The van der Waals surface area contributed by atoms with Crippen LogP contribution >= 0.6 is 0 Å². The van der Waals surface area contributed by atoms with Crippen molar-refractivity contribution in [1.29, 1.82) is 0 Å².